The van der Waals surface area contributed by atoms with Gasteiger partial charge in [0.15, 0.2) is 0 Å². The zero-order chi connectivity index (χ0) is 19.4. The van der Waals surface area contributed by atoms with Gasteiger partial charge in [-0.05, 0) is 67.2 Å². The second-order valence-electron chi connectivity index (χ2n) is 9.31. The van der Waals surface area contributed by atoms with Gasteiger partial charge in [-0.2, -0.15) is 0 Å². The van der Waals surface area contributed by atoms with Crippen molar-refractivity contribution in [1.82, 2.24) is 0 Å². The Morgan fingerprint density at radius 3 is 1.76 bits per heavy atom. The van der Waals surface area contributed by atoms with E-state index in [0.29, 0.717) is 0 Å². The van der Waals surface area contributed by atoms with Gasteiger partial charge in [0.1, 0.15) is 0 Å². The van der Waals surface area contributed by atoms with Gasteiger partial charge in [-0.15, -0.1) is 0 Å². The van der Waals surface area contributed by atoms with Gasteiger partial charge < -0.3 is 5.73 Å². The van der Waals surface area contributed by atoms with E-state index >= 15 is 0 Å². The molecule has 7 atom stereocenters. The Kier molecular flexibility index (Phi) is 14.0. The zero-order valence-electron chi connectivity index (χ0n) is 19.0. The van der Waals surface area contributed by atoms with Gasteiger partial charge in [-0.3, -0.25) is 0 Å². The first-order valence-electron chi connectivity index (χ1n) is 11.5. The molecule has 0 spiro atoms. The Hall–Kier alpha value is -0.0400. The van der Waals surface area contributed by atoms with Gasteiger partial charge >= 0.3 is 0 Å². The van der Waals surface area contributed by atoms with Crippen molar-refractivity contribution >= 4 is 0 Å². The summed E-state index contributed by atoms with van der Waals surface area (Å²) >= 11 is 0. The standard InChI is InChI=1S/C24H51N/c1-9-12-13-23(17-25)16-21(7)24(19(5)11-3)15-14-20(6)22(8)18(4)10-2/h18-24H,9-17,25H2,1-8H3. The fourth-order valence-corrected chi connectivity index (χ4v) is 4.61. The second-order valence-corrected chi connectivity index (χ2v) is 9.31. The molecule has 0 aromatic rings. The molecule has 25 heavy (non-hydrogen) atoms. The largest absolute Gasteiger partial charge is 0.330 e. The van der Waals surface area contributed by atoms with Crippen molar-refractivity contribution in [2.24, 2.45) is 47.2 Å². The van der Waals surface area contributed by atoms with Crippen LogP contribution < -0.4 is 5.73 Å². The summed E-state index contributed by atoms with van der Waals surface area (Å²) in [6, 6.07) is 0. The van der Waals surface area contributed by atoms with E-state index in [1.54, 1.807) is 0 Å². The van der Waals surface area contributed by atoms with E-state index in [4.69, 9.17) is 5.73 Å². The topological polar surface area (TPSA) is 26.0 Å². The van der Waals surface area contributed by atoms with Crippen LogP contribution in [-0.4, -0.2) is 6.54 Å². The molecule has 0 aliphatic carbocycles. The summed E-state index contributed by atoms with van der Waals surface area (Å²) < 4.78 is 0. The van der Waals surface area contributed by atoms with Crippen LogP contribution in [0.5, 0.6) is 0 Å². The first kappa shape index (κ1) is 25.0. The summed E-state index contributed by atoms with van der Waals surface area (Å²) in [7, 11) is 0. The molecular weight excluding hydrogens is 302 g/mol. The van der Waals surface area contributed by atoms with Crippen LogP contribution in [0.2, 0.25) is 0 Å². The summed E-state index contributed by atoms with van der Waals surface area (Å²) in [5.74, 6) is 5.80. The monoisotopic (exact) mass is 353 g/mol. The molecule has 0 aliphatic rings. The molecule has 0 saturated heterocycles. The lowest BCUT2D eigenvalue weighted by Gasteiger charge is -2.34. The summed E-state index contributed by atoms with van der Waals surface area (Å²) in [6.07, 6.45) is 10.7. The molecule has 1 heteroatoms. The molecule has 152 valence electrons. The van der Waals surface area contributed by atoms with Crippen molar-refractivity contribution in [1.29, 1.82) is 0 Å². The third kappa shape index (κ3) is 9.45. The van der Waals surface area contributed by atoms with Crippen LogP contribution in [0.1, 0.15) is 107 Å². The number of hydrogen-bond donors (Lipinski definition) is 1. The van der Waals surface area contributed by atoms with Crippen molar-refractivity contribution in [3.8, 4) is 0 Å². The van der Waals surface area contributed by atoms with Crippen molar-refractivity contribution in [2.45, 2.75) is 107 Å². The van der Waals surface area contributed by atoms with E-state index in [1.165, 1.54) is 51.4 Å². The first-order valence-corrected chi connectivity index (χ1v) is 11.5. The highest BCUT2D eigenvalue weighted by molar-refractivity contribution is 4.77. The molecule has 0 saturated carbocycles. The third-order valence-corrected chi connectivity index (χ3v) is 7.50. The minimum absolute atomic E-state index is 0.734. The molecule has 7 unspecified atom stereocenters. The highest BCUT2D eigenvalue weighted by atomic mass is 14.5. The molecule has 0 heterocycles. The van der Waals surface area contributed by atoms with E-state index in [2.05, 4.69) is 55.4 Å². The Morgan fingerprint density at radius 1 is 0.680 bits per heavy atom. The lowest BCUT2D eigenvalue weighted by atomic mass is 9.72. The van der Waals surface area contributed by atoms with Crippen LogP contribution >= 0.6 is 0 Å². The quantitative estimate of drug-likeness (QED) is 0.323. The summed E-state index contributed by atoms with van der Waals surface area (Å²) in [5, 5.41) is 0. The highest BCUT2D eigenvalue weighted by Gasteiger charge is 2.26. The maximum Gasteiger partial charge on any atom is -0.00488 e. The second kappa shape index (κ2) is 14.1. The molecule has 0 aliphatic heterocycles. The average molecular weight is 354 g/mol. The number of nitrogens with two attached hydrogens (primary N) is 1. The predicted octanol–water partition coefficient (Wildman–Crippen LogP) is 7.54. The molecule has 0 bridgehead atoms. The SMILES string of the molecule is CCCCC(CN)CC(C)C(CCC(C)C(C)C(C)CC)C(C)CC. The maximum absolute atomic E-state index is 6.08. The highest BCUT2D eigenvalue weighted by Crippen LogP contribution is 2.36. The van der Waals surface area contributed by atoms with Crippen LogP contribution in [0.15, 0.2) is 0 Å². The lowest BCUT2D eigenvalue weighted by molar-refractivity contribution is 0.169. The summed E-state index contributed by atoms with van der Waals surface area (Å²) in [4.78, 5) is 0. The molecule has 0 amide bonds. The smallest absolute Gasteiger partial charge is 0.00488 e. The van der Waals surface area contributed by atoms with Crippen molar-refractivity contribution < 1.29 is 0 Å². The summed E-state index contributed by atoms with van der Waals surface area (Å²) in [6.45, 7) is 20.2. The molecule has 0 aromatic heterocycles. The predicted molar refractivity (Wildman–Crippen MR) is 116 cm³/mol. The van der Waals surface area contributed by atoms with E-state index in [1.807, 2.05) is 0 Å². The van der Waals surface area contributed by atoms with Crippen molar-refractivity contribution in [2.75, 3.05) is 6.54 Å². The first-order chi connectivity index (χ1) is 11.8. The fraction of sp³-hybridized carbons (Fsp3) is 1.00. The van der Waals surface area contributed by atoms with Gasteiger partial charge in [0.25, 0.3) is 0 Å². The minimum Gasteiger partial charge on any atom is -0.330 e. The van der Waals surface area contributed by atoms with Gasteiger partial charge in [-0.1, -0.05) is 87.5 Å². The third-order valence-electron chi connectivity index (χ3n) is 7.50. The Labute approximate surface area is 160 Å². The van der Waals surface area contributed by atoms with Gasteiger partial charge in [0.2, 0.25) is 0 Å². The van der Waals surface area contributed by atoms with Gasteiger partial charge in [0, 0.05) is 0 Å². The van der Waals surface area contributed by atoms with E-state index in [-0.39, 0.29) is 0 Å². The zero-order valence-corrected chi connectivity index (χ0v) is 19.0. The molecule has 2 N–H and O–H groups in total. The molecule has 0 rings (SSSR count). The fourth-order valence-electron chi connectivity index (χ4n) is 4.61. The number of rotatable bonds is 15. The normalized spacial score (nSPS) is 20.5. The van der Waals surface area contributed by atoms with Crippen molar-refractivity contribution in [3.63, 3.8) is 0 Å². The van der Waals surface area contributed by atoms with Crippen LogP contribution in [0.3, 0.4) is 0 Å². The van der Waals surface area contributed by atoms with E-state index in [9.17, 15) is 0 Å². The number of hydrogen-bond acceptors (Lipinski definition) is 1. The van der Waals surface area contributed by atoms with Crippen molar-refractivity contribution in [3.05, 3.63) is 0 Å². The van der Waals surface area contributed by atoms with Gasteiger partial charge in [0.05, 0.1) is 0 Å². The Morgan fingerprint density at radius 2 is 1.28 bits per heavy atom. The van der Waals surface area contributed by atoms with Crippen LogP contribution in [0, 0.1) is 41.4 Å². The summed E-state index contributed by atoms with van der Waals surface area (Å²) in [5.41, 5.74) is 6.08. The maximum atomic E-state index is 6.08. The lowest BCUT2D eigenvalue weighted by Crippen LogP contribution is -2.26. The van der Waals surface area contributed by atoms with Crippen LogP contribution in [0.25, 0.3) is 0 Å². The van der Waals surface area contributed by atoms with E-state index < -0.39 is 0 Å². The minimum atomic E-state index is 0.734. The van der Waals surface area contributed by atoms with E-state index in [0.717, 1.165) is 48.0 Å². The molecule has 0 fully saturated rings. The van der Waals surface area contributed by atoms with Crippen LogP contribution in [0.4, 0.5) is 0 Å². The Balaban J connectivity index is 4.72. The molecule has 0 aromatic carbocycles. The molecular formula is C24H51N. The molecule has 0 radical (unpaired) electrons. The molecule has 1 nitrogen and oxygen atoms in total. The van der Waals surface area contributed by atoms with Gasteiger partial charge in [-0.25, -0.2) is 0 Å². The average Bonchev–Trinajstić information content (AvgIpc) is 2.63. The van der Waals surface area contributed by atoms with Crippen LogP contribution in [-0.2, 0) is 0 Å². The Bertz CT molecular complexity index is 300. The number of unbranched alkanes of at least 4 members (excludes halogenated alkanes) is 1.